The van der Waals surface area contributed by atoms with Gasteiger partial charge >= 0.3 is 11.7 Å². The Morgan fingerprint density at radius 1 is 1.60 bits per heavy atom. The normalized spacial score (nSPS) is 10.8. The number of carboxylic acids is 1. The third kappa shape index (κ3) is 3.05. The second-order valence-corrected chi connectivity index (χ2v) is 3.17. The number of allylic oxidation sites excluding steroid dienone is 1. The van der Waals surface area contributed by atoms with Crippen LogP contribution in [0.25, 0.3) is 0 Å². The topological polar surface area (TPSA) is 72.2 Å². The molecule has 0 aromatic carbocycles. The number of hydrogen-bond acceptors (Lipinski definition) is 3. The predicted molar refractivity (Wildman–Crippen MR) is 54.7 cm³/mol. The van der Waals surface area contributed by atoms with Crippen molar-refractivity contribution in [2.24, 2.45) is 0 Å². The zero-order valence-electron chi connectivity index (χ0n) is 8.60. The molecule has 0 aliphatic rings. The van der Waals surface area contributed by atoms with Crippen LogP contribution < -0.4 is 5.69 Å². The summed E-state index contributed by atoms with van der Waals surface area (Å²) in [5.74, 6) is -1.03. The van der Waals surface area contributed by atoms with E-state index in [4.69, 9.17) is 5.11 Å². The zero-order valence-corrected chi connectivity index (χ0v) is 8.60. The van der Waals surface area contributed by atoms with E-state index in [1.165, 1.54) is 10.6 Å². The maximum Gasteiger partial charge on any atom is 0.348 e. The van der Waals surface area contributed by atoms with E-state index in [0.29, 0.717) is 5.69 Å². The van der Waals surface area contributed by atoms with Crippen molar-refractivity contribution in [1.82, 2.24) is 9.55 Å². The SMILES string of the molecule is Cc1cc(C)n(C/C=C/C(=O)O)c(=O)n1. The second kappa shape index (κ2) is 4.54. The fourth-order valence-corrected chi connectivity index (χ4v) is 1.26. The van der Waals surface area contributed by atoms with Gasteiger partial charge in [0.15, 0.2) is 0 Å². The fraction of sp³-hybridized carbons (Fsp3) is 0.300. The molecule has 5 heteroatoms. The molecule has 1 aromatic heterocycles. The number of rotatable bonds is 3. The maximum atomic E-state index is 11.4. The van der Waals surface area contributed by atoms with Crippen molar-refractivity contribution >= 4 is 5.97 Å². The maximum absolute atomic E-state index is 11.4. The minimum Gasteiger partial charge on any atom is -0.478 e. The van der Waals surface area contributed by atoms with Crippen molar-refractivity contribution in [3.8, 4) is 0 Å². The molecule has 1 N–H and O–H groups in total. The summed E-state index contributed by atoms with van der Waals surface area (Å²) in [5.41, 5.74) is 1.07. The summed E-state index contributed by atoms with van der Waals surface area (Å²) >= 11 is 0. The molecule has 0 saturated carbocycles. The first kappa shape index (κ1) is 11.2. The Labute approximate surface area is 86.7 Å². The summed E-state index contributed by atoms with van der Waals surface area (Å²) in [4.78, 5) is 25.4. The van der Waals surface area contributed by atoms with Crippen LogP contribution >= 0.6 is 0 Å². The van der Waals surface area contributed by atoms with Crippen molar-refractivity contribution in [3.63, 3.8) is 0 Å². The lowest BCUT2D eigenvalue weighted by Gasteiger charge is -2.05. The highest BCUT2D eigenvalue weighted by molar-refractivity contribution is 5.79. The minimum absolute atomic E-state index is 0.226. The molecule has 0 unspecified atom stereocenters. The number of nitrogens with zero attached hydrogens (tertiary/aromatic N) is 2. The smallest absolute Gasteiger partial charge is 0.348 e. The summed E-state index contributed by atoms with van der Waals surface area (Å²) in [5, 5.41) is 8.38. The number of carbonyl (C=O) groups is 1. The monoisotopic (exact) mass is 208 g/mol. The van der Waals surface area contributed by atoms with Gasteiger partial charge in [-0.1, -0.05) is 6.08 Å². The minimum atomic E-state index is -1.03. The Morgan fingerprint density at radius 2 is 2.27 bits per heavy atom. The van der Waals surface area contributed by atoms with Gasteiger partial charge in [-0.3, -0.25) is 4.57 Å². The van der Waals surface area contributed by atoms with Gasteiger partial charge in [-0.15, -0.1) is 0 Å². The first-order valence-corrected chi connectivity index (χ1v) is 4.45. The van der Waals surface area contributed by atoms with E-state index in [-0.39, 0.29) is 12.2 Å². The molecule has 0 atom stereocenters. The highest BCUT2D eigenvalue weighted by atomic mass is 16.4. The van der Waals surface area contributed by atoms with Crippen molar-refractivity contribution in [1.29, 1.82) is 0 Å². The molecule has 0 bridgehead atoms. The number of aliphatic carboxylic acids is 1. The Morgan fingerprint density at radius 3 is 2.80 bits per heavy atom. The summed E-state index contributed by atoms with van der Waals surface area (Å²) in [6.45, 7) is 3.75. The van der Waals surface area contributed by atoms with Gasteiger partial charge < -0.3 is 5.11 Å². The van der Waals surface area contributed by atoms with Crippen LogP contribution in [-0.2, 0) is 11.3 Å². The van der Waals surface area contributed by atoms with Crippen LogP contribution in [0.15, 0.2) is 23.0 Å². The van der Waals surface area contributed by atoms with Crippen molar-refractivity contribution in [2.75, 3.05) is 0 Å². The second-order valence-electron chi connectivity index (χ2n) is 3.17. The van der Waals surface area contributed by atoms with E-state index >= 15 is 0 Å². The molecule has 1 rings (SSSR count). The Bertz CT molecular complexity index is 460. The first-order chi connectivity index (χ1) is 7.00. The predicted octanol–water partition coefficient (Wildman–Crippen LogP) is 0.501. The molecule has 0 aliphatic carbocycles. The van der Waals surface area contributed by atoms with Crippen molar-refractivity contribution < 1.29 is 9.90 Å². The van der Waals surface area contributed by atoms with Gasteiger partial charge in [-0.05, 0) is 19.9 Å². The van der Waals surface area contributed by atoms with E-state index in [2.05, 4.69) is 4.98 Å². The highest BCUT2D eigenvalue weighted by Gasteiger charge is 2.00. The standard InChI is InChI=1S/C10H12N2O3/c1-7-6-8(2)12(10(15)11-7)5-3-4-9(13)14/h3-4,6H,5H2,1-2H3,(H,13,14)/b4-3+. The third-order valence-electron chi connectivity index (χ3n) is 1.89. The number of carboxylic acid groups (broad SMARTS) is 1. The zero-order chi connectivity index (χ0) is 11.4. The van der Waals surface area contributed by atoms with Gasteiger partial charge in [0.05, 0.1) is 0 Å². The van der Waals surface area contributed by atoms with Crippen molar-refractivity contribution in [2.45, 2.75) is 20.4 Å². The Hall–Kier alpha value is -1.91. The van der Waals surface area contributed by atoms with Gasteiger partial charge in [-0.2, -0.15) is 4.98 Å². The van der Waals surface area contributed by atoms with E-state index in [1.54, 1.807) is 19.9 Å². The third-order valence-corrected chi connectivity index (χ3v) is 1.89. The molecule has 0 spiro atoms. The largest absolute Gasteiger partial charge is 0.478 e. The van der Waals surface area contributed by atoms with E-state index in [1.807, 2.05) is 0 Å². The molecule has 5 nitrogen and oxygen atoms in total. The molecule has 0 amide bonds. The quantitative estimate of drug-likeness (QED) is 0.734. The van der Waals surface area contributed by atoms with Gasteiger partial charge in [0, 0.05) is 24.0 Å². The van der Waals surface area contributed by atoms with Crippen LogP contribution in [-0.4, -0.2) is 20.6 Å². The van der Waals surface area contributed by atoms with Crippen LogP contribution in [0.4, 0.5) is 0 Å². The van der Waals surface area contributed by atoms with Crippen LogP contribution in [0.3, 0.4) is 0 Å². The molecular formula is C10H12N2O3. The number of aryl methyl sites for hydroxylation is 2. The van der Waals surface area contributed by atoms with Crippen LogP contribution in [0, 0.1) is 13.8 Å². The van der Waals surface area contributed by atoms with Gasteiger partial charge in [0.2, 0.25) is 0 Å². The summed E-state index contributed by atoms with van der Waals surface area (Å²) in [7, 11) is 0. The average molecular weight is 208 g/mol. The van der Waals surface area contributed by atoms with Gasteiger partial charge in [0.1, 0.15) is 0 Å². The van der Waals surface area contributed by atoms with E-state index in [9.17, 15) is 9.59 Å². The molecule has 0 radical (unpaired) electrons. The number of aromatic nitrogens is 2. The van der Waals surface area contributed by atoms with E-state index in [0.717, 1.165) is 11.8 Å². The lowest BCUT2D eigenvalue weighted by Crippen LogP contribution is -2.25. The molecule has 1 heterocycles. The molecule has 15 heavy (non-hydrogen) atoms. The summed E-state index contributed by atoms with van der Waals surface area (Å²) in [6.07, 6.45) is 2.42. The van der Waals surface area contributed by atoms with Crippen molar-refractivity contribution in [3.05, 3.63) is 40.1 Å². The summed E-state index contributed by atoms with van der Waals surface area (Å²) in [6, 6.07) is 1.77. The Balaban J connectivity index is 2.96. The van der Waals surface area contributed by atoms with Gasteiger partial charge in [-0.25, -0.2) is 9.59 Å². The van der Waals surface area contributed by atoms with E-state index < -0.39 is 5.97 Å². The van der Waals surface area contributed by atoms with Crippen LogP contribution in [0.2, 0.25) is 0 Å². The Kier molecular flexibility index (Phi) is 3.38. The summed E-state index contributed by atoms with van der Waals surface area (Å²) < 4.78 is 1.41. The highest BCUT2D eigenvalue weighted by Crippen LogP contribution is 1.96. The van der Waals surface area contributed by atoms with Crippen LogP contribution in [0.1, 0.15) is 11.4 Å². The fourth-order valence-electron chi connectivity index (χ4n) is 1.26. The molecule has 0 aliphatic heterocycles. The molecule has 0 saturated heterocycles. The number of hydrogen-bond donors (Lipinski definition) is 1. The molecule has 80 valence electrons. The lowest BCUT2D eigenvalue weighted by molar-refractivity contribution is -0.131. The van der Waals surface area contributed by atoms with Crippen LogP contribution in [0.5, 0.6) is 0 Å². The average Bonchev–Trinajstić information content (AvgIpc) is 2.08. The molecular weight excluding hydrogens is 196 g/mol. The van der Waals surface area contributed by atoms with Gasteiger partial charge in [0.25, 0.3) is 0 Å². The first-order valence-electron chi connectivity index (χ1n) is 4.45. The lowest BCUT2D eigenvalue weighted by atomic mass is 10.3. The molecule has 0 fully saturated rings. The molecule has 1 aromatic rings.